The normalized spacial score (nSPS) is 13.1. The standard InChI is InChI=1S/C15H11NO3/c17-15-12-4-2-1-3-10(12)8-16(15)11-5-6-13-14(7-11)19-9-18-13/h1-8,17H,9H2. The largest absolute Gasteiger partial charge is 0.494 e. The summed E-state index contributed by atoms with van der Waals surface area (Å²) in [6.45, 7) is 0.248. The minimum atomic E-state index is 0.231. The topological polar surface area (TPSA) is 43.6 Å². The van der Waals surface area contributed by atoms with Crippen LogP contribution in [0.5, 0.6) is 17.4 Å². The van der Waals surface area contributed by atoms with Crippen molar-refractivity contribution in [1.29, 1.82) is 0 Å². The summed E-state index contributed by atoms with van der Waals surface area (Å²) in [5.41, 5.74) is 0.845. The first-order valence-electron chi connectivity index (χ1n) is 6.02. The van der Waals surface area contributed by atoms with E-state index in [2.05, 4.69) is 0 Å². The average molecular weight is 253 g/mol. The van der Waals surface area contributed by atoms with Gasteiger partial charge < -0.3 is 14.6 Å². The molecule has 0 radical (unpaired) electrons. The molecule has 0 unspecified atom stereocenters. The van der Waals surface area contributed by atoms with Gasteiger partial charge in [-0.25, -0.2) is 0 Å². The highest BCUT2D eigenvalue weighted by atomic mass is 16.7. The van der Waals surface area contributed by atoms with Crippen molar-refractivity contribution in [2.45, 2.75) is 0 Å². The summed E-state index contributed by atoms with van der Waals surface area (Å²) in [7, 11) is 0. The monoisotopic (exact) mass is 253 g/mol. The summed E-state index contributed by atoms with van der Waals surface area (Å²) in [5.74, 6) is 1.67. The van der Waals surface area contributed by atoms with Gasteiger partial charge in [0.15, 0.2) is 11.5 Å². The van der Waals surface area contributed by atoms with E-state index in [1.807, 2.05) is 48.7 Å². The molecule has 19 heavy (non-hydrogen) atoms. The van der Waals surface area contributed by atoms with Crippen molar-refractivity contribution in [3.8, 4) is 23.1 Å². The van der Waals surface area contributed by atoms with Crippen LogP contribution in [-0.2, 0) is 0 Å². The Morgan fingerprint density at radius 2 is 1.84 bits per heavy atom. The molecule has 4 rings (SSSR count). The molecule has 3 aromatic rings. The number of aromatic nitrogens is 1. The third-order valence-electron chi connectivity index (χ3n) is 3.33. The molecule has 1 aliphatic rings. The van der Waals surface area contributed by atoms with Gasteiger partial charge in [-0.15, -0.1) is 0 Å². The molecule has 94 valence electrons. The molecule has 2 heterocycles. The lowest BCUT2D eigenvalue weighted by atomic mass is 10.2. The summed E-state index contributed by atoms with van der Waals surface area (Å²) in [4.78, 5) is 0. The maximum Gasteiger partial charge on any atom is 0.231 e. The molecule has 0 saturated carbocycles. The zero-order chi connectivity index (χ0) is 12.8. The Labute approximate surface area is 109 Å². The van der Waals surface area contributed by atoms with Gasteiger partial charge in [-0.2, -0.15) is 0 Å². The van der Waals surface area contributed by atoms with Crippen LogP contribution in [0.2, 0.25) is 0 Å². The van der Waals surface area contributed by atoms with E-state index in [1.165, 1.54) is 0 Å². The van der Waals surface area contributed by atoms with Crippen molar-refractivity contribution in [1.82, 2.24) is 4.57 Å². The van der Waals surface area contributed by atoms with Crippen LogP contribution < -0.4 is 9.47 Å². The van der Waals surface area contributed by atoms with E-state index < -0.39 is 0 Å². The van der Waals surface area contributed by atoms with E-state index >= 15 is 0 Å². The number of nitrogens with zero attached hydrogens (tertiary/aromatic N) is 1. The Morgan fingerprint density at radius 1 is 1.00 bits per heavy atom. The highest BCUT2D eigenvalue weighted by Gasteiger charge is 2.15. The lowest BCUT2D eigenvalue weighted by molar-refractivity contribution is 0.174. The molecule has 1 aromatic heterocycles. The molecule has 1 aliphatic heterocycles. The van der Waals surface area contributed by atoms with Crippen molar-refractivity contribution in [2.24, 2.45) is 0 Å². The molecule has 0 bridgehead atoms. The second kappa shape index (κ2) is 3.68. The van der Waals surface area contributed by atoms with E-state index in [9.17, 15) is 5.11 Å². The first-order chi connectivity index (χ1) is 9.33. The number of ether oxygens (including phenoxy) is 2. The molecular weight excluding hydrogens is 242 g/mol. The second-order valence-electron chi connectivity index (χ2n) is 4.45. The third kappa shape index (κ3) is 1.46. The van der Waals surface area contributed by atoms with Crippen LogP contribution in [0.25, 0.3) is 16.5 Å². The van der Waals surface area contributed by atoms with Crippen molar-refractivity contribution in [2.75, 3.05) is 6.79 Å². The van der Waals surface area contributed by atoms with Crippen LogP contribution in [-0.4, -0.2) is 16.5 Å². The van der Waals surface area contributed by atoms with Crippen LogP contribution in [0.4, 0.5) is 0 Å². The third-order valence-corrected chi connectivity index (χ3v) is 3.33. The Morgan fingerprint density at radius 3 is 2.74 bits per heavy atom. The molecule has 0 amide bonds. The van der Waals surface area contributed by atoms with Gasteiger partial charge in [0.05, 0.1) is 5.69 Å². The molecule has 1 N–H and O–H groups in total. The molecule has 0 aliphatic carbocycles. The minimum absolute atomic E-state index is 0.231. The first-order valence-corrected chi connectivity index (χ1v) is 6.02. The van der Waals surface area contributed by atoms with E-state index in [4.69, 9.17) is 9.47 Å². The maximum atomic E-state index is 10.3. The Balaban J connectivity index is 1.92. The zero-order valence-electron chi connectivity index (χ0n) is 10.0. The summed E-state index contributed by atoms with van der Waals surface area (Å²) in [6, 6.07) is 13.3. The van der Waals surface area contributed by atoms with Gasteiger partial charge in [0.25, 0.3) is 0 Å². The molecule has 0 saturated heterocycles. The van der Waals surface area contributed by atoms with Gasteiger partial charge in [-0.1, -0.05) is 18.2 Å². The van der Waals surface area contributed by atoms with Gasteiger partial charge in [-0.3, -0.25) is 4.57 Å². The maximum absolute atomic E-state index is 10.3. The Bertz CT molecular complexity index is 776. The molecule has 0 spiro atoms. The van der Waals surface area contributed by atoms with Crippen LogP contribution in [0.15, 0.2) is 48.7 Å². The predicted octanol–water partition coefficient (Wildman–Crippen LogP) is 3.06. The number of rotatable bonds is 1. The number of benzene rings is 2. The van der Waals surface area contributed by atoms with Crippen LogP contribution in [0.3, 0.4) is 0 Å². The smallest absolute Gasteiger partial charge is 0.231 e. The summed E-state index contributed by atoms with van der Waals surface area (Å²) in [6.07, 6.45) is 1.90. The van der Waals surface area contributed by atoms with E-state index in [0.29, 0.717) is 5.75 Å². The number of hydrogen-bond acceptors (Lipinski definition) is 3. The fourth-order valence-electron chi connectivity index (χ4n) is 2.38. The first kappa shape index (κ1) is 10.3. The van der Waals surface area contributed by atoms with Crippen LogP contribution in [0, 0.1) is 0 Å². The summed E-state index contributed by atoms with van der Waals surface area (Å²) in [5, 5.41) is 12.1. The summed E-state index contributed by atoms with van der Waals surface area (Å²) < 4.78 is 12.4. The summed E-state index contributed by atoms with van der Waals surface area (Å²) >= 11 is 0. The average Bonchev–Trinajstić information content (AvgIpc) is 3.03. The van der Waals surface area contributed by atoms with Crippen molar-refractivity contribution < 1.29 is 14.6 Å². The SMILES string of the molecule is Oc1c2ccccc2cn1-c1ccc2c(c1)OCO2. The van der Waals surface area contributed by atoms with Crippen molar-refractivity contribution >= 4 is 10.8 Å². The molecule has 4 nitrogen and oxygen atoms in total. The van der Waals surface area contributed by atoms with E-state index in [-0.39, 0.29) is 12.7 Å². The van der Waals surface area contributed by atoms with Crippen molar-refractivity contribution in [3.05, 3.63) is 48.7 Å². The van der Waals surface area contributed by atoms with Crippen LogP contribution >= 0.6 is 0 Å². The molecule has 4 heteroatoms. The fourth-order valence-corrected chi connectivity index (χ4v) is 2.38. The second-order valence-corrected chi connectivity index (χ2v) is 4.45. The minimum Gasteiger partial charge on any atom is -0.494 e. The molecule has 0 fully saturated rings. The highest BCUT2D eigenvalue weighted by molar-refractivity contribution is 5.88. The fraction of sp³-hybridized carbons (Fsp3) is 0.0667. The van der Waals surface area contributed by atoms with Gasteiger partial charge in [0.2, 0.25) is 12.7 Å². The van der Waals surface area contributed by atoms with Gasteiger partial charge in [0, 0.05) is 23.0 Å². The Hall–Kier alpha value is -2.62. The quantitative estimate of drug-likeness (QED) is 0.724. The van der Waals surface area contributed by atoms with E-state index in [1.54, 1.807) is 4.57 Å². The Kier molecular flexibility index (Phi) is 2.00. The number of hydrogen-bond donors (Lipinski definition) is 1. The van der Waals surface area contributed by atoms with Gasteiger partial charge in [0.1, 0.15) is 0 Å². The highest BCUT2D eigenvalue weighted by Crippen LogP contribution is 2.36. The molecule has 2 aromatic carbocycles. The zero-order valence-corrected chi connectivity index (χ0v) is 10.0. The number of fused-ring (bicyclic) bond motifs is 2. The van der Waals surface area contributed by atoms with Crippen LogP contribution in [0.1, 0.15) is 0 Å². The van der Waals surface area contributed by atoms with Crippen molar-refractivity contribution in [3.63, 3.8) is 0 Å². The lowest BCUT2D eigenvalue weighted by Crippen LogP contribution is -1.93. The number of aromatic hydroxyl groups is 1. The molecular formula is C15H11NO3. The lowest BCUT2D eigenvalue weighted by Gasteiger charge is -2.05. The van der Waals surface area contributed by atoms with Gasteiger partial charge in [-0.05, 0) is 18.2 Å². The predicted molar refractivity (Wildman–Crippen MR) is 71.1 cm³/mol. The van der Waals surface area contributed by atoms with Gasteiger partial charge >= 0.3 is 0 Å². The van der Waals surface area contributed by atoms with E-state index in [0.717, 1.165) is 22.2 Å². The molecule has 0 atom stereocenters.